The summed E-state index contributed by atoms with van der Waals surface area (Å²) in [6, 6.07) is -0.694. The Kier molecular flexibility index (Phi) is 4.51. The number of nitrogens with zero attached hydrogens (tertiary/aromatic N) is 1. The number of carboxylic acid groups (broad SMARTS) is 1. The van der Waals surface area contributed by atoms with Crippen LogP contribution in [-0.4, -0.2) is 48.1 Å². The second-order valence-electron chi connectivity index (χ2n) is 5.27. The Labute approximate surface area is 102 Å². The van der Waals surface area contributed by atoms with E-state index >= 15 is 0 Å². The molecule has 17 heavy (non-hydrogen) atoms. The zero-order chi connectivity index (χ0) is 13.1. The van der Waals surface area contributed by atoms with Gasteiger partial charge in [0.2, 0.25) is 5.91 Å². The highest BCUT2D eigenvalue weighted by Gasteiger charge is 2.44. The summed E-state index contributed by atoms with van der Waals surface area (Å²) >= 11 is 0. The Balaban J connectivity index is 2.81. The average molecular weight is 242 g/mol. The van der Waals surface area contributed by atoms with E-state index < -0.39 is 12.0 Å². The number of rotatable bonds is 4. The third kappa shape index (κ3) is 3.19. The van der Waals surface area contributed by atoms with Crippen molar-refractivity contribution in [3.8, 4) is 0 Å². The summed E-state index contributed by atoms with van der Waals surface area (Å²) in [7, 11) is 1.78. The Bertz CT molecular complexity index is 302. The molecule has 0 bridgehead atoms. The number of aliphatic carboxylic acids is 1. The minimum Gasteiger partial charge on any atom is -0.480 e. The average Bonchev–Trinajstić information content (AvgIpc) is 2.23. The third-order valence-electron chi connectivity index (χ3n) is 3.42. The molecule has 1 fully saturated rings. The molecule has 0 aromatic heterocycles. The highest BCUT2D eigenvalue weighted by molar-refractivity contribution is 5.84. The number of carbonyl (C=O) groups is 2. The summed E-state index contributed by atoms with van der Waals surface area (Å²) in [4.78, 5) is 24.9. The van der Waals surface area contributed by atoms with Gasteiger partial charge in [0.15, 0.2) is 0 Å². The predicted octanol–water partition coefficient (Wildman–Crippen LogP) is 0.698. The molecule has 0 aromatic carbocycles. The number of hydrogen-bond donors (Lipinski definition) is 2. The smallest absolute Gasteiger partial charge is 0.326 e. The molecule has 1 atom stereocenters. The molecule has 1 amide bonds. The van der Waals surface area contributed by atoms with Gasteiger partial charge in [-0.1, -0.05) is 13.8 Å². The molecule has 1 saturated heterocycles. The highest BCUT2D eigenvalue weighted by atomic mass is 16.4. The Morgan fingerprint density at radius 1 is 1.47 bits per heavy atom. The largest absolute Gasteiger partial charge is 0.480 e. The van der Waals surface area contributed by atoms with Crippen LogP contribution >= 0.6 is 0 Å². The van der Waals surface area contributed by atoms with Crippen LogP contribution in [0.5, 0.6) is 0 Å². The molecule has 2 N–H and O–H groups in total. The molecule has 1 aliphatic rings. The first-order valence-corrected chi connectivity index (χ1v) is 6.07. The lowest BCUT2D eigenvalue weighted by Crippen LogP contribution is -2.56. The molecular formula is C12H22N2O3. The topological polar surface area (TPSA) is 69.6 Å². The summed E-state index contributed by atoms with van der Waals surface area (Å²) in [5.74, 6) is -0.966. The molecule has 0 aliphatic carbocycles. The van der Waals surface area contributed by atoms with E-state index in [0.29, 0.717) is 19.5 Å². The van der Waals surface area contributed by atoms with E-state index in [1.54, 1.807) is 7.05 Å². The number of carbonyl (C=O) groups excluding carboxylic acids is 1. The van der Waals surface area contributed by atoms with Gasteiger partial charge in [-0.25, -0.2) is 4.79 Å². The molecule has 0 saturated carbocycles. The molecule has 0 spiro atoms. The molecule has 1 heterocycles. The number of amides is 1. The highest BCUT2D eigenvalue weighted by Crippen LogP contribution is 2.35. The normalized spacial score (nSPS) is 23.5. The second kappa shape index (κ2) is 5.49. The molecule has 1 unspecified atom stereocenters. The van der Waals surface area contributed by atoms with E-state index in [1.807, 2.05) is 13.8 Å². The van der Waals surface area contributed by atoms with E-state index in [9.17, 15) is 14.7 Å². The lowest BCUT2D eigenvalue weighted by atomic mass is 9.76. The summed E-state index contributed by atoms with van der Waals surface area (Å²) in [5, 5.41) is 12.2. The van der Waals surface area contributed by atoms with E-state index in [0.717, 1.165) is 12.8 Å². The van der Waals surface area contributed by atoms with E-state index in [-0.39, 0.29) is 11.3 Å². The zero-order valence-electron chi connectivity index (χ0n) is 10.8. The van der Waals surface area contributed by atoms with Crippen LogP contribution < -0.4 is 5.32 Å². The van der Waals surface area contributed by atoms with Crippen LogP contribution in [0.1, 0.15) is 33.1 Å². The van der Waals surface area contributed by atoms with Crippen molar-refractivity contribution in [1.82, 2.24) is 10.2 Å². The molecular weight excluding hydrogens is 220 g/mol. The van der Waals surface area contributed by atoms with E-state index in [2.05, 4.69) is 5.32 Å². The van der Waals surface area contributed by atoms with Gasteiger partial charge in [0.1, 0.15) is 6.04 Å². The Hall–Kier alpha value is -1.10. The van der Waals surface area contributed by atoms with Crippen molar-refractivity contribution in [1.29, 1.82) is 0 Å². The van der Waals surface area contributed by atoms with Gasteiger partial charge >= 0.3 is 5.97 Å². The fraction of sp³-hybridized carbons (Fsp3) is 0.833. The van der Waals surface area contributed by atoms with Gasteiger partial charge in [-0.05, 0) is 25.3 Å². The molecule has 1 aliphatic heterocycles. The van der Waals surface area contributed by atoms with Gasteiger partial charge in [0.05, 0.1) is 0 Å². The van der Waals surface area contributed by atoms with Crippen molar-refractivity contribution in [3.05, 3.63) is 0 Å². The first kappa shape index (κ1) is 14.0. The first-order chi connectivity index (χ1) is 7.90. The lowest BCUT2D eigenvalue weighted by Gasteiger charge is -2.44. The van der Waals surface area contributed by atoms with Crippen molar-refractivity contribution < 1.29 is 14.7 Å². The summed E-state index contributed by atoms with van der Waals surface area (Å²) in [6.45, 7) is 4.98. The van der Waals surface area contributed by atoms with Crippen molar-refractivity contribution in [3.63, 3.8) is 0 Å². The Morgan fingerprint density at radius 3 is 2.65 bits per heavy atom. The quantitative estimate of drug-likeness (QED) is 0.761. The van der Waals surface area contributed by atoms with Crippen molar-refractivity contribution >= 4 is 11.9 Å². The lowest BCUT2D eigenvalue weighted by molar-refractivity contribution is -0.158. The van der Waals surface area contributed by atoms with Gasteiger partial charge in [-0.15, -0.1) is 0 Å². The van der Waals surface area contributed by atoms with Crippen LogP contribution in [0.25, 0.3) is 0 Å². The van der Waals surface area contributed by atoms with Crippen LogP contribution in [0.4, 0.5) is 0 Å². The van der Waals surface area contributed by atoms with Gasteiger partial charge in [0.25, 0.3) is 0 Å². The molecule has 1 rings (SSSR count). The van der Waals surface area contributed by atoms with Crippen LogP contribution in [0.2, 0.25) is 0 Å². The van der Waals surface area contributed by atoms with Crippen molar-refractivity contribution in [2.45, 2.75) is 39.2 Å². The number of likely N-dealkylation sites (tertiary alicyclic amines) is 1. The molecule has 5 nitrogen and oxygen atoms in total. The second-order valence-corrected chi connectivity index (χ2v) is 5.27. The first-order valence-electron chi connectivity index (χ1n) is 6.07. The van der Waals surface area contributed by atoms with Crippen LogP contribution in [-0.2, 0) is 9.59 Å². The van der Waals surface area contributed by atoms with Gasteiger partial charge in [0, 0.05) is 19.5 Å². The van der Waals surface area contributed by atoms with Crippen molar-refractivity contribution in [2.75, 3.05) is 20.1 Å². The maximum Gasteiger partial charge on any atom is 0.326 e. The predicted molar refractivity (Wildman–Crippen MR) is 64.7 cm³/mol. The Morgan fingerprint density at radius 2 is 2.12 bits per heavy atom. The monoisotopic (exact) mass is 242 g/mol. The van der Waals surface area contributed by atoms with Gasteiger partial charge < -0.3 is 15.3 Å². The van der Waals surface area contributed by atoms with E-state index in [4.69, 9.17) is 0 Å². The molecule has 0 aromatic rings. The number of piperidine rings is 1. The number of nitrogens with one attached hydrogen (secondary N) is 1. The fourth-order valence-electron chi connectivity index (χ4n) is 2.50. The zero-order valence-corrected chi connectivity index (χ0v) is 10.8. The van der Waals surface area contributed by atoms with Gasteiger partial charge in [-0.2, -0.15) is 0 Å². The number of hydrogen-bond acceptors (Lipinski definition) is 3. The van der Waals surface area contributed by atoms with E-state index in [1.165, 1.54) is 4.90 Å². The van der Waals surface area contributed by atoms with Crippen LogP contribution in [0.15, 0.2) is 0 Å². The molecule has 5 heteroatoms. The fourth-order valence-corrected chi connectivity index (χ4v) is 2.50. The minimum absolute atomic E-state index is 0.0699. The third-order valence-corrected chi connectivity index (χ3v) is 3.42. The number of carboxylic acids is 1. The summed E-state index contributed by atoms with van der Waals surface area (Å²) in [6.07, 6.45) is 2.08. The van der Waals surface area contributed by atoms with Crippen LogP contribution in [0, 0.1) is 5.41 Å². The standard InChI is InChI=1S/C12H22N2O3/c1-12(2)6-4-8-14(10(12)11(16)17)9(15)5-7-13-3/h10,13H,4-8H2,1-3H3,(H,16,17). The molecule has 0 radical (unpaired) electrons. The summed E-state index contributed by atoms with van der Waals surface area (Å²) < 4.78 is 0. The van der Waals surface area contributed by atoms with Crippen LogP contribution in [0.3, 0.4) is 0 Å². The molecule has 98 valence electrons. The maximum absolute atomic E-state index is 12.0. The van der Waals surface area contributed by atoms with Gasteiger partial charge in [-0.3, -0.25) is 4.79 Å². The van der Waals surface area contributed by atoms with Crippen molar-refractivity contribution in [2.24, 2.45) is 5.41 Å². The minimum atomic E-state index is -0.896. The maximum atomic E-state index is 12.0. The SMILES string of the molecule is CNCCC(=O)N1CCCC(C)(C)C1C(=O)O. The summed E-state index contributed by atoms with van der Waals surface area (Å²) in [5.41, 5.74) is -0.348.